The van der Waals surface area contributed by atoms with Crippen LogP contribution in [0.4, 0.5) is 0 Å². The summed E-state index contributed by atoms with van der Waals surface area (Å²) in [6.45, 7) is 6.89. The summed E-state index contributed by atoms with van der Waals surface area (Å²) in [6.07, 6.45) is 3.46. The lowest BCUT2D eigenvalue weighted by Crippen LogP contribution is -2.46. The van der Waals surface area contributed by atoms with Gasteiger partial charge in [-0.3, -0.25) is 9.48 Å². The van der Waals surface area contributed by atoms with E-state index in [2.05, 4.69) is 10.1 Å². The molecular weight excluding hydrogens is 360 g/mol. The zero-order chi connectivity index (χ0) is 18.2. The molecule has 3 rings (SSSR count). The summed E-state index contributed by atoms with van der Waals surface area (Å²) in [5, 5.41) is 6.88. The monoisotopic (exact) mass is 382 g/mol. The highest BCUT2D eigenvalue weighted by molar-refractivity contribution is 7.91. The van der Waals surface area contributed by atoms with Gasteiger partial charge < -0.3 is 4.90 Å². The van der Waals surface area contributed by atoms with E-state index in [0.717, 1.165) is 10.6 Å². The van der Waals surface area contributed by atoms with Crippen molar-refractivity contribution in [2.24, 2.45) is 0 Å². The fraction of sp³-hybridized carbons (Fsp3) is 0.562. The zero-order valence-electron chi connectivity index (χ0n) is 14.5. The van der Waals surface area contributed by atoms with E-state index in [0.29, 0.717) is 12.2 Å². The van der Waals surface area contributed by atoms with E-state index in [1.54, 1.807) is 21.2 Å². The molecule has 1 amide bonds. The van der Waals surface area contributed by atoms with E-state index < -0.39 is 15.9 Å². The first-order chi connectivity index (χ1) is 11.8. The lowest BCUT2D eigenvalue weighted by Gasteiger charge is -2.34. The molecule has 0 unspecified atom stereocenters. The maximum Gasteiger partial charge on any atom is 0.273 e. The normalized spacial score (nSPS) is 20.2. The Balaban J connectivity index is 1.92. The predicted octanol–water partition coefficient (Wildman–Crippen LogP) is 2.09. The first-order valence-electron chi connectivity index (χ1n) is 8.30. The molecule has 25 heavy (non-hydrogen) atoms. The van der Waals surface area contributed by atoms with Crippen LogP contribution >= 0.6 is 11.3 Å². The van der Waals surface area contributed by atoms with Crippen molar-refractivity contribution < 1.29 is 13.2 Å². The van der Waals surface area contributed by atoms with Crippen LogP contribution in [-0.2, 0) is 16.4 Å². The molecule has 3 heterocycles. The minimum atomic E-state index is -3.18. The second-order valence-electron chi connectivity index (χ2n) is 6.48. The number of aromatic nitrogens is 3. The van der Waals surface area contributed by atoms with Crippen molar-refractivity contribution in [1.29, 1.82) is 0 Å². The Labute approximate surface area is 151 Å². The van der Waals surface area contributed by atoms with E-state index in [9.17, 15) is 13.2 Å². The third-order valence-electron chi connectivity index (χ3n) is 4.29. The Kier molecular flexibility index (Phi) is 4.97. The van der Waals surface area contributed by atoms with Crippen molar-refractivity contribution in [3.63, 3.8) is 0 Å². The van der Waals surface area contributed by atoms with Crippen LogP contribution < -0.4 is 0 Å². The molecule has 7 nitrogen and oxygen atoms in total. The van der Waals surface area contributed by atoms with Crippen molar-refractivity contribution in [3.05, 3.63) is 34.0 Å². The quantitative estimate of drug-likeness (QED) is 0.808. The summed E-state index contributed by atoms with van der Waals surface area (Å²) in [5.41, 5.74) is 1.14. The van der Waals surface area contributed by atoms with Crippen LogP contribution in [0.2, 0.25) is 0 Å². The second kappa shape index (κ2) is 6.87. The molecule has 1 atom stereocenters. The number of carbonyl (C=O) groups excluding carboxylic acids is 1. The van der Waals surface area contributed by atoms with Crippen LogP contribution in [0, 0.1) is 0 Å². The van der Waals surface area contributed by atoms with Crippen molar-refractivity contribution in [1.82, 2.24) is 19.7 Å². The van der Waals surface area contributed by atoms with Crippen molar-refractivity contribution >= 4 is 27.1 Å². The molecule has 0 bridgehead atoms. The highest BCUT2D eigenvalue weighted by atomic mass is 32.2. The number of sulfone groups is 1. The maximum atomic E-state index is 13.0. The smallest absolute Gasteiger partial charge is 0.273 e. The Morgan fingerprint density at radius 1 is 1.44 bits per heavy atom. The predicted molar refractivity (Wildman–Crippen MR) is 96.5 cm³/mol. The highest BCUT2D eigenvalue weighted by Crippen LogP contribution is 2.29. The number of nitrogens with zero attached hydrogens (tertiary/aromatic N) is 4. The van der Waals surface area contributed by atoms with Crippen molar-refractivity contribution in [2.45, 2.75) is 39.3 Å². The molecule has 0 saturated carbocycles. The summed E-state index contributed by atoms with van der Waals surface area (Å²) < 4.78 is 26.0. The molecule has 0 spiro atoms. The topological polar surface area (TPSA) is 85.2 Å². The number of rotatable bonds is 4. The van der Waals surface area contributed by atoms with Crippen molar-refractivity contribution in [2.75, 3.05) is 18.1 Å². The van der Waals surface area contributed by atoms with Crippen LogP contribution in [0.15, 0.2) is 17.8 Å². The number of carbonyl (C=O) groups is 1. The van der Waals surface area contributed by atoms with E-state index in [1.165, 1.54) is 11.3 Å². The molecule has 1 fully saturated rings. The number of thiazole rings is 1. The van der Waals surface area contributed by atoms with Gasteiger partial charge in [-0.05, 0) is 6.92 Å². The summed E-state index contributed by atoms with van der Waals surface area (Å²) in [7, 11) is -3.18. The Bertz CT molecular complexity index is 870. The average Bonchev–Trinajstić information content (AvgIpc) is 3.23. The highest BCUT2D eigenvalue weighted by Gasteiger charge is 2.37. The molecule has 0 aromatic carbocycles. The van der Waals surface area contributed by atoms with Gasteiger partial charge in [-0.15, -0.1) is 11.3 Å². The largest absolute Gasteiger partial charge is 0.328 e. The minimum absolute atomic E-state index is 0.0155. The molecule has 1 aliphatic rings. The van der Waals surface area contributed by atoms with Gasteiger partial charge in [-0.1, -0.05) is 13.8 Å². The van der Waals surface area contributed by atoms with Gasteiger partial charge in [0.25, 0.3) is 5.91 Å². The van der Waals surface area contributed by atoms with Gasteiger partial charge in [0.2, 0.25) is 0 Å². The van der Waals surface area contributed by atoms with Crippen LogP contribution in [0.1, 0.15) is 53.8 Å². The maximum absolute atomic E-state index is 13.0. The van der Waals surface area contributed by atoms with Crippen molar-refractivity contribution in [3.8, 4) is 0 Å². The van der Waals surface area contributed by atoms with E-state index in [1.807, 2.05) is 27.0 Å². The number of hydrogen-bond acceptors (Lipinski definition) is 6. The number of aryl methyl sites for hydroxylation is 1. The first-order valence-corrected chi connectivity index (χ1v) is 11.0. The molecule has 1 aliphatic heterocycles. The minimum Gasteiger partial charge on any atom is -0.328 e. The van der Waals surface area contributed by atoms with Crippen LogP contribution in [0.5, 0.6) is 0 Å². The van der Waals surface area contributed by atoms with E-state index in [4.69, 9.17) is 0 Å². The number of amides is 1. The van der Waals surface area contributed by atoms with Crippen LogP contribution in [0.25, 0.3) is 0 Å². The first kappa shape index (κ1) is 18.1. The van der Waals surface area contributed by atoms with Gasteiger partial charge >= 0.3 is 0 Å². The van der Waals surface area contributed by atoms with Gasteiger partial charge in [0.05, 0.1) is 28.8 Å². The molecule has 2 aromatic rings. The molecule has 1 saturated heterocycles. The van der Waals surface area contributed by atoms with E-state index >= 15 is 0 Å². The zero-order valence-corrected chi connectivity index (χ0v) is 16.2. The van der Waals surface area contributed by atoms with Gasteiger partial charge in [0.15, 0.2) is 9.84 Å². The molecule has 136 valence electrons. The SMILES string of the molecule is CCn1cc([C@H]2CS(=O)(=O)CCN2C(=O)c2csc(C(C)C)n2)cn1. The fourth-order valence-corrected chi connectivity index (χ4v) is 5.15. The summed E-state index contributed by atoms with van der Waals surface area (Å²) in [4.78, 5) is 19.0. The number of hydrogen-bond donors (Lipinski definition) is 0. The Morgan fingerprint density at radius 2 is 2.20 bits per heavy atom. The standard InChI is InChI=1S/C16H22N4O3S2/c1-4-19-8-12(7-17-19)14-10-25(22,23)6-5-20(14)16(21)13-9-24-15(18-13)11(2)3/h7-9,11,14H,4-6,10H2,1-3H3/t14-/m1/s1. The molecule has 0 radical (unpaired) electrons. The Hall–Kier alpha value is -1.74. The molecule has 9 heteroatoms. The van der Waals surface area contributed by atoms with Gasteiger partial charge in [-0.2, -0.15) is 5.10 Å². The summed E-state index contributed by atoms with van der Waals surface area (Å²) >= 11 is 1.46. The van der Waals surface area contributed by atoms with Gasteiger partial charge in [0, 0.05) is 36.1 Å². The summed E-state index contributed by atoms with van der Waals surface area (Å²) in [5.74, 6) is -0.0487. The third-order valence-corrected chi connectivity index (χ3v) is 7.06. The van der Waals surface area contributed by atoms with Crippen LogP contribution in [0.3, 0.4) is 0 Å². The van der Waals surface area contributed by atoms with Gasteiger partial charge in [0.1, 0.15) is 5.69 Å². The average molecular weight is 383 g/mol. The lowest BCUT2D eigenvalue weighted by atomic mass is 10.1. The molecule has 0 N–H and O–H groups in total. The molecular formula is C16H22N4O3S2. The second-order valence-corrected chi connectivity index (χ2v) is 9.60. The molecule has 2 aromatic heterocycles. The summed E-state index contributed by atoms with van der Waals surface area (Å²) in [6, 6.07) is -0.518. The van der Waals surface area contributed by atoms with Crippen LogP contribution in [-0.4, -0.2) is 52.0 Å². The fourth-order valence-electron chi connectivity index (χ4n) is 2.85. The Morgan fingerprint density at radius 3 is 2.80 bits per heavy atom. The van der Waals surface area contributed by atoms with Gasteiger partial charge in [-0.25, -0.2) is 13.4 Å². The molecule has 0 aliphatic carbocycles. The van der Waals surface area contributed by atoms with E-state index in [-0.39, 0.29) is 29.9 Å². The lowest BCUT2D eigenvalue weighted by molar-refractivity contribution is 0.0692. The third kappa shape index (κ3) is 3.77.